The molecule has 180 valence electrons. The number of alkyl halides is 6. The van der Waals surface area contributed by atoms with Crippen molar-refractivity contribution in [3.63, 3.8) is 0 Å². The number of nitrogens with one attached hydrogen (secondary N) is 1. The number of carbonyl (C=O) groups is 1. The standard InChI is InChI=1S/C20H14F6N4O4/c1-11-5-17(20(24,25)26)29(28-11)10-18(31)27-13-7-14(30(32)33)9-16(8-13)34-15-4-2-3-12(6-15)19(21,22)23/h2-9H,10H2,1H3,(H,27,31). The van der Waals surface area contributed by atoms with Gasteiger partial charge in [-0.2, -0.15) is 31.4 Å². The Morgan fingerprint density at radius 1 is 1.06 bits per heavy atom. The Balaban J connectivity index is 1.85. The van der Waals surface area contributed by atoms with Crippen LogP contribution in [-0.2, 0) is 23.7 Å². The molecule has 0 aliphatic heterocycles. The number of hydrogen-bond donors (Lipinski definition) is 1. The van der Waals surface area contributed by atoms with E-state index in [-0.39, 0.29) is 22.9 Å². The molecule has 0 aliphatic carbocycles. The van der Waals surface area contributed by atoms with Crippen molar-refractivity contribution in [2.45, 2.75) is 25.8 Å². The van der Waals surface area contributed by atoms with E-state index < -0.39 is 46.7 Å². The Bertz CT molecular complexity index is 1240. The van der Waals surface area contributed by atoms with Gasteiger partial charge in [-0.3, -0.25) is 19.6 Å². The minimum absolute atomic E-state index is 0.0206. The van der Waals surface area contributed by atoms with Crippen LogP contribution in [0, 0.1) is 17.0 Å². The van der Waals surface area contributed by atoms with E-state index in [0.717, 1.165) is 36.4 Å². The summed E-state index contributed by atoms with van der Waals surface area (Å²) >= 11 is 0. The fraction of sp³-hybridized carbons (Fsp3) is 0.200. The number of nitro groups is 1. The van der Waals surface area contributed by atoms with Crippen LogP contribution in [0.4, 0.5) is 37.7 Å². The highest BCUT2D eigenvalue weighted by molar-refractivity contribution is 5.91. The van der Waals surface area contributed by atoms with Gasteiger partial charge in [0.15, 0.2) is 0 Å². The molecule has 0 radical (unpaired) electrons. The molecule has 14 heteroatoms. The molecule has 0 saturated heterocycles. The Morgan fingerprint density at radius 2 is 1.76 bits per heavy atom. The van der Waals surface area contributed by atoms with Gasteiger partial charge in [0, 0.05) is 12.1 Å². The molecule has 3 rings (SSSR count). The lowest BCUT2D eigenvalue weighted by Crippen LogP contribution is -2.23. The summed E-state index contributed by atoms with van der Waals surface area (Å²) in [5, 5.41) is 17.0. The van der Waals surface area contributed by atoms with Gasteiger partial charge < -0.3 is 10.1 Å². The van der Waals surface area contributed by atoms with Crippen LogP contribution in [0.1, 0.15) is 17.0 Å². The van der Waals surface area contributed by atoms with Crippen molar-refractivity contribution in [1.29, 1.82) is 0 Å². The van der Waals surface area contributed by atoms with Crippen LogP contribution in [0.3, 0.4) is 0 Å². The zero-order valence-corrected chi connectivity index (χ0v) is 17.1. The second kappa shape index (κ2) is 9.03. The third-order valence-corrected chi connectivity index (χ3v) is 4.27. The number of nitro benzene ring substituents is 1. The quantitative estimate of drug-likeness (QED) is 0.278. The number of anilines is 1. The first-order valence-corrected chi connectivity index (χ1v) is 9.28. The Hall–Kier alpha value is -4.10. The minimum Gasteiger partial charge on any atom is -0.457 e. The summed E-state index contributed by atoms with van der Waals surface area (Å²) in [6.07, 6.45) is -9.42. The number of aryl methyl sites for hydroxylation is 1. The molecule has 0 atom stereocenters. The number of halogens is 6. The summed E-state index contributed by atoms with van der Waals surface area (Å²) in [4.78, 5) is 22.7. The topological polar surface area (TPSA) is 99.3 Å². The van der Waals surface area contributed by atoms with Crippen molar-refractivity contribution in [1.82, 2.24) is 9.78 Å². The largest absolute Gasteiger partial charge is 0.457 e. The number of amides is 1. The zero-order chi connectivity index (χ0) is 25.3. The molecule has 0 spiro atoms. The van der Waals surface area contributed by atoms with E-state index in [1.807, 2.05) is 0 Å². The van der Waals surface area contributed by atoms with Gasteiger partial charge in [0.05, 0.1) is 27.9 Å². The first-order valence-electron chi connectivity index (χ1n) is 9.28. The van der Waals surface area contributed by atoms with Gasteiger partial charge in [0.25, 0.3) is 5.69 Å². The van der Waals surface area contributed by atoms with Crippen molar-refractivity contribution >= 4 is 17.3 Å². The first kappa shape index (κ1) is 24.5. The van der Waals surface area contributed by atoms with Crippen LogP contribution in [0.25, 0.3) is 0 Å². The molecule has 2 aromatic carbocycles. The minimum atomic E-state index is -4.76. The number of nitrogens with zero attached hydrogens (tertiary/aromatic N) is 3. The van der Waals surface area contributed by atoms with E-state index in [0.29, 0.717) is 10.7 Å². The van der Waals surface area contributed by atoms with Gasteiger partial charge in [0.2, 0.25) is 5.91 Å². The SMILES string of the molecule is Cc1cc(C(F)(F)F)n(CC(=O)Nc2cc(Oc3cccc(C(F)(F)F)c3)cc([N+](=O)[O-])c2)n1. The lowest BCUT2D eigenvalue weighted by atomic mass is 10.2. The Kier molecular flexibility index (Phi) is 6.52. The van der Waals surface area contributed by atoms with E-state index in [1.165, 1.54) is 13.0 Å². The number of aromatic nitrogens is 2. The van der Waals surface area contributed by atoms with Gasteiger partial charge in [-0.05, 0) is 31.2 Å². The van der Waals surface area contributed by atoms with Crippen LogP contribution in [-0.4, -0.2) is 20.6 Å². The average molecular weight is 488 g/mol. The van der Waals surface area contributed by atoms with Crippen molar-refractivity contribution in [2.75, 3.05) is 5.32 Å². The van der Waals surface area contributed by atoms with Gasteiger partial charge in [-0.15, -0.1) is 0 Å². The molecule has 1 aromatic heterocycles. The molecule has 1 heterocycles. The molecule has 0 bridgehead atoms. The van der Waals surface area contributed by atoms with Gasteiger partial charge in [-0.25, -0.2) is 0 Å². The number of carbonyl (C=O) groups excluding carboxylic acids is 1. The molecular weight excluding hydrogens is 474 g/mol. The molecule has 0 fully saturated rings. The molecule has 34 heavy (non-hydrogen) atoms. The fourth-order valence-corrected chi connectivity index (χ4v) is 2.92. The Morgan fingerprint density at radius 3 is 2.38 bits per heavy atom. The monoisotopic (exact) mass is 488 g/mol. The molecule has 3 aromatic rings. The van der Waals surface area contributed by atoms with Gasteiger partial charge in [0.1, 0.15) is 23.7 Å². The summed E-state index contributed by atoms with van der Waals surface area (Å²) in [6.45, 7) is 0.455. The van der Waals surface area contributed by atoms with E-state index in [4.69, 9.17) is 4.74 Å². The maximum atomic E-state index is 13.1. The Labute approximate surface area is 186 Å². The molecule has 0 saturated carbocycles. The fourth-order valence-electron chi connectivity index (χ4n) is 2.92. The third-order valence-electron chi connectivity index (χ3n) is 4.27. The predicted octanol–water partition coefficient (Wildman–Crippen LogP) is 5.57. The predicted molar refractivity (Wildman–Crippen MR) is 105 cm³/mol. The maximum absolute atomic E-state index is 13.1. The summed E-state index contributed by atoms with van der Waals surface area (Å²) < 4.78 is 83.7. The second-order valence-electron chi connectivity index (χ2n) is 6.97. The van der Waals surface area contributed by atoms with Gasteiger partial charge >= 0.3 is 12.4 Å². The molecular formula is C20H14F6N4O4. The van der Waals surface area contributed by atoms with Gasteiger partial charge in [-0.1, -0.05) is 6.07 Å². The number of hydrogen-bond acceptors (Lipinski definition) is 5. The van der Waals surface area contributed by atoms with Crippen LogP contribution < -0.4 is 10.1 Å². The molecule has 8 nitrogen and oxygen atoms in total. The number of benzene rings is 2. The first-order chi connectivity index (χ1) is 15.7. The average Bonchev–Trinajstić information content (AvgIpc) is 3.07. The van der Waals surface area contributed by atoms with E-state index in [2.05, 4.69) is 10.4 Å². The number of ether oxygens (including phenoxy) is 1. The lowest BCUT2D eigenvalue weighted by Gasteiger charge is -2.12. The zero-order valence-electron chi connectivity index (χ0n) is 17.1. The van der Waals surface area contributed by atoms with E-state index in [9.17, 15) is 41.3 Å². The highest BCUT2D eigenvalue weighted by Gasteiger charge is 2.36. The second-order valence-corrected chi connectivity index (χ2v) is 6.97. The summed E-state index contributed by atoms with van der Waals surface area (Å²) in [7, 11) is 0. The third kappa shape index (κ3) is 6.02. The molecule has 1 N–H and O–H groups in total. The van der Waals surface area contributed by atoms with Crippen LogP contribution >= 0.6 is 0 Å². The highest BCUT2D eigenvalue weighted by Crippen LogP contribution is 2.34. The van der Waals surface area contributed by atoms with E-state index in [1.54, 1.807) is 0 Å². The van der Waals surface area contributed by atoms with Crippen LogP contribution in [0.5, 0.6) is 11.5 Å². The van der Waals surface area contributed by atoms with Crippen molar-refractivity contribution < 1.29 is 40.8 Å². The van der Waals surface area contributed by atoms with Crippen LogP contribution in [0.2, 0.25) is 0 Å². The summed E-state index contributed by atoms with van der Waals surface area (Å²) in [5.41, 5.74) is -2.96. The number of rotatable bonds is 6. The maximum Gasteiger partial charge on any atom is 0.433 e. The smallest absolute Gasteiger partial charge is 0.433 e. The van der Waals surface area contributed by atoms with E-state index >= 15 is 0 Å². The number of non-ortho nitro benzene ring substituents is 1. The van der Waals surface area contributed by atoms with Crippen molar-refractivity contribution in [2.24, 2.45) is 0 Å². The molecule has 0 unspecified atom stereocenters. The lowest BCUT2D eigenvalue weighted by molar-refractivity contribution is -0.384. The summed E-state index contributed by atoms with van der Waals surface area (Å²) in [6, 6.07) is 7.39. The van der Waals surface area contributed by atoms with Crippen molar-refractivity contribution in [3.05, 3.63) is 75.6 Å². The summed E-state index contributed by atoms with van der Waals surface area (Å²) in [5.74, 6) is -1.55. The van der Waals surface area contributed by atoms with Crippen molar-refractivity contribution in [3.8, 4) is 11.5 Å². The normalized spacial score (nSPS) is 11.9. The van der Waals surface area contributed by atoms with Crippen LogP contribution in [0.15, 0.2) is 48.5 Å². The highest BCUT2D eigenvalue weighted by atomic mass is 19.4. The molecule has 1 amide bonds. The molecule has 0 aliphatic rings.